The molecule has 0 radical (unpaired) electrons. The van der Waals surface area contributed by atoms with Gasteiger partial charge in [-0.15, -0.1) is 0 Å². The SMILES string of the molecule is Brc1cccc(C2=CCCCc3ccccc32)c1. The standard InChI is InChI=1S/C17H15Br/c18-15-9-5-8-14(12-15)17-11-4-2-7-13-6-1-3-10-16(13)17/h1,3,5-6,8-12H,2,4,7H2. The summed E-state index contributed by atoms with van der Waals surface area (Å²) < 4.78 is 1.14. The van der Waals surface area contributed by atoms with Crippen molar-refractivity contribution in [2.24, 2.45) is 0 Å². The lowest BCUT2D eigenvalue weighted by Gasteiger charge is -2.11. The Morgan fingerprint density at radius 3 is 2.72 bits per heavy atom. The third-order valence-corrected chi connectivity index (χ3v) is 3.94. The molecule has 0 unspecified atom stereocenters. The van der Waals surface area contributed by atoms with E-state index in [0.717, 1.165) is 10.9 Å². The van der Waals surface area contributed by atoms with Crippen molar-refractivity contribution in [2.45, 2.75) is 19.3 Å². The average Bonchev–Trinajstić information content (AvgIpc) is 2.61. The number of allylic oxidation sites excluding steroid dienone is 1. The van der Waals surface area contributed by atoms with Crippen LogP contribution in [-0.4, -0.2) is 0 Å². The minimum Gasteiger partial charge on any atom is -0.0760 e. The van der Waals surface area contributed by atoms with Crippen LogP contribution in [0.5, 0.6) is 0 Å². The molecular formula is C17H15Br. The zero-order valence-electron chi connectivity index (χ0n) is 10.2. The Labute approximate surface area is 116 Å². The van der Waals surface area contributed by atoms with Crippen molar-refractivity contribution in [1.29, 1.82) is 0 Å². The lowest BCUT2D eigenvalue weighted by Crippen LogP contribution is -1.92. The quantitative estimate of drug-likeness (QED) is 0.677. The first kappa shape index (κ1) is 11.7. The van der Waals surface area contributed by atoms with Gasteiger partial charge in [-0.1, -0.05) is 58.4 Å². The van der Waals surface area contributed by atoms with Crippen LogP contribution >= 0.6 is 15.9 Å². The topological polar surface area (TPSA) is 0 Å². The van der Waals surface area contributed by atoms with E-state index in [1.165, 1.54) is 35.1 Å². The van der Waals surface area contributed by atoms with Gasteiger partial charge in [0, 0.05) is 4.47 Å². The molecule has 1 aliphatic carbocycles. The monoisotopic (exact) mass is 298 g/mol. The van der Waals surface area contributed by atoms with Gasteiger partial charge in [0.1, 0.15) is 0 Å². The highest BCUT2D eigenvalue weighted by Gasteiger charge is 2.12. The Morgan fingerprint density at radius 1 is 0.944 bits per heavy atom. The lowest BCUT2D eigenvalue weighted by atomic mass is 9.94. The van der Waals surface area contributed by atoms with Gasteiger partial charge in [0.05, 0.1) is 0 Å². The molecule has 0 saturated heterocycles. The highest BCUT2D eigenvalue weighted by Crippen LogP contribution is 2.31. The van der Waals surface area contributed by atoms with Crippen molar-refractivity contribution >= 4 is 21.5 Å². The van der Waals surface area contributed by atoms with E-state index in [1.54, 1.807) is 0 Å². The van der Waals surface area contributed by atoms with E-state index in [-0.39, 0.29) is 0 Å². The first-order chi connectivity index (χ1) is 8.84. The first-order valence-corrected chi connectivity index (χ1v) is 7.18. The Bertz CT molecular complexity index is 596. The predicted molar refractivity (Wildman–Crippen MR) is 80.6 cm³/mol. The summed E-state index contributed by atoms with van der Waals surface area (Å²) in [4.78, 5) is 0. The van der Waals surface area contributed by atoms with Crippen LogP contribution < -0.4 is 0 Å². The third-order valence-electron chi connectivity index (χ3n) is 3.44. The number of halogens is 1. The van der Waals surface area contributed by atoms with Crippen LogP contribution in [0.25, 0.3) is 5.57 Å². The number of fused-ring (bicyclic) bond motifs is 1. The molecular weight excluding hydrogens is 284 g/mol. The van der Waals surface area contributed by atoms with Crippen LogP contribution in [0.2, 0.25) is 0 Å². The van der Waals surface area contributed by atoms with Gasteiger partial charge in [0.15, 0.2) is 0 Å². The summed E-state index contributed by atoms with van der Waals surface area (Å²) in [6, 6.07) is 17.4. The summed E-state index contributed by atoms with van der Waals surface area (Å²) in [7, 11) is 0. The molecule has 0 N–H and O–H groups in total. The largest absolute Gasteiger partial charge is 0.0760 e. The summed E-state index contributed by atoms with van der Waals surface area (Å²) in [6.07, 6.45) is 5.98. The van der Waals surface area contributed by atoms with Crippen LogP contribution in [0.1, 0.15) is 29.5 Å². The van der Waals surface area contributed by atoms with Crippen LogP contribution in [0.15, 0.2) is 59.1 Å². The van der Waals surface area contributed by atoms with Gasteiger partial charge in [-0.2, -0.15) is 0 Å². The van der Waals surface area contributed by atoms with Crippen molar-refractivity contribution in [3.8, 4) is 0 Å². The number of hydrogen-bond donors (Lipinski definition) is 0. The fourth-order valence-electron chi connectivity index (χ4n) is 2.58. The Morgan fingerprint density at radius 2 is 1.83 bits per heavy atom. The van der Waals surface area contributed by atoms with E-state index in [2.05, 4.69) is 70.5 Å². The van der Waals surface area contributed by atoms with Gasteiger partial charge in [-0.3, -0.25) is 0 Å². The van der Waals surface area contributed by atoms with E-state index in [4.69, 9.17) is 0 Å². The molecule has 0 nitrogen and oxygen atoms in total. The third kappa shape index (κ3) is 2.28. The van der Waals surface area contributed by atoms with Gasteiger partial charge >= 0.3 is 0 Å². The zero-order valence-corrected chi connectivity index (χ0v) is 11.8. The van der Waals surface area contributed by atoms with Crippen LogP contribution in [0.4, 0.5) is 0 Å². The molecule has 0 aliphatic heterocycles. The van der Waals surface area contributed by atoms with E-state index in [9.17, 15) is 0 Å². The summed E-state index contributed by atoms with van der Waals surface area (Å²) in [5, 5.41) is 0. The van der Waals surface area contributed by atoms with Gasteiger partial charge in [0.25, 0.3) is 0 Å². The van der Waals surface area contributed by atoms with Crippen molar-refractivity contribution in [3.05, 3.63) is 75.8 Å². The highest BCUT2D eigenvalue weighted by molar-refractivity contribution is 9.10. The molecule has 0 atom stereocenters. The maximum Gasteiger partial charge on any atom is 0.0181 e. The highest BCUT2D eigenvalue weighted by atomic mass is 79.9. The summed E-state index contributed by atoms with van der Waals surface area (Å²) in [5.41, 5.74) is 5.55. The molecule has 3 rings (SSSR count). The molecule has 0 aromatic heterocycles. The molecule has 2 aromatic rings. The van der Waals surface area contributed by atoms with E-state index in [1.807, 2.05) is 0 Å². The normalized spacial score (nSPS) is 14.6. The molecule has 1 aliphatic rings. The zero-order chi connectivity index (χ0) is 12.4. The average molecular weight is 299 g/mol. The first-order valence-electron chi connectivity index (χ1n) is 6.39. The molecule has 0 fully saturated rings. The molecule has 0 amide bonds. The number of benzene rings is 2. The minimum atomic E-state index is 1.14. The Balaban J connectivity index is 2.14. The van der Waals surface area contributed by atoms with Crippen LogP contribution in [-0.2, 0) is 6.42 Å². The van der Waals surface area contributed by atoms with Gasteiger partial charge in [-0.25, -0.2) is 0 Å². The smallest absolute Gasteiger partial charge is 0.0181 e. The molecule has 0 saturated carbocycles. The summed E-state index contributed by atoms with van der Waals surface area (Å²) in [6.45, 7) is 0. The Hall–Kier alpha value is -1.34. The number of aryl methyl sites for hydroxylation is 1. The molecule has 0 bridgehead atoms. The predicted octanol–water partition coefficient (Wildman–Crippen LogP) is 5.22. The molecule has 1 heteroatoms. The fraction of sp³-hybridized carbons (Fsp3) is 0.176. The van der Waals surface area contributed by atoms with Crippen LogP contribution in [0.3, 0.4) is 0 Å². The summed E-state index contributed by atoms with van der Waals surface area (Å²) >= 11 is 3.56. The van der Waals surface area contributed by atoms with Crippen molar-refractivity contribution < 1.29 is 0 Å². The molecule has 18 heavy (non-hydrogen) atoms. The maximum absolute atomic E-state index is 3.56. The van der Waals surface area contributed by atoms with E-state index < -0.39 is 0 Å². The van der Waals surface area contributed by atoms with Crippen LogP contribution in [0, 0.1) is 0 Å². The maximum atomic E-state index is 3.56. The van der Waals surface area contributed by atoms with Gasteiger partial charge < -0.3 is 0 Å². The molecule has 2 aromatic carbocycles. The minimum absolute atomic E-state index is 1.14. The van der Waals surface area contributed by atoms with Crippen molar-refractivity contribution in [1.82, 2.24) is 0 Å². The molecule has 0 heterocycles. The second kappa shape index (κ2) is 5.11. The fourth-order valence-corrected chi connectivity index (χ4v) is 2.98. The number of rotatable bonds is 1. The summed E-state index contributed by atoms with van der Waals surface area (Å²) in [5.74, 6) is 0. The Kier molecular flexibility index (Phi) is 3.33. The van der Waals surface area contributed by atoms with E-state index >= 15 is 0 Å². The lowest BCUT2D eigenvalue weighted by molar-refractivity contribution is 0.851. The second-order valence-corrected chi connectivity index (χ2v) is 5.59. The van der Waals surface area contributed by atoms with Crippen molar-refractivity contribution in [3.63, 3.8) is 0 Å². The second-order valence-electron chi connectivity index (χ2n) is 4.68. The van der Waals surface area contributed by atoms with E-state index in [0.29, 0.717) is 0 Å². The number of hydrogen-bond acceptors (Lipinski definition) is 0. The van der Waals surface area contributed by atoms with Gasteiger partial charge in [-0.05, 0) is 53.7 Å². The molecule has 0 spiro atoms. The van der Waals surface area contributed by atoms with Crippen molar-refractivity contribution in [2.75, 3.05) is 0 Å². The van der Waals surface area contributed by atoms with Gasteiger partial charge in [0.2, 0.25) is 0 Å². The molecule has 90 valence electrons.